The molecule has 0 aliphatic heterocycles. The highest BCUT2D eigenvalue weighted by Gasteiger charge is 2.25. The first-order valence-corrected chi connectivity index (χ1v) is 9.53. The van der Waals surface area contributed by atoms with Gasteiger partial charge in [-0.2, -0.15) is 0 Å². The molecule has 0 aromatic rings. The molecule has 0 saturated carbocycles. The van der Waals surface area contributed by atoms with Gasteiger partial charge in [-0.05, 0) is 12.8 Å². The van der Waals surface area contributed by atoms with E-state index in [-0.39, 0.29) is 5.91 Å². The Hall–Kier alpha value is -1.06. The number of carbonyl (C=O) groups excluding carboxylic acids is 1. The number of amides is 1. The minimum Gasteiger partial charge on any atom is -0.480 e. The van der Waals surface area contributed by atoms with Crippen LogP contribution in [0.4, 0.5) is 0 Å². The lowest BCUT2D eigenvalue weighted by atomic mass is 10.1. The van der Waals surface area contributed by atoms with Crippen molar-refractivity contribution >= 4 is 11.9 Å². The second-order valence-corrected chi connectivity index (χ2v) is 6.58. The summed E-state index contributed by atoms with van der Waals surface area (Å²) in [5.41, 5.74) is 0. The van der Waals surface area contributed by atoms with Crippen LogP contribution in [-0.2, 0) is 9.59 Å². The summed E-state index contributed by atoms with van der Waals surface area (Å²) in [4.78, 5) is 24.8. The molecule has 136 valence electrons. The smallest absolute Gasteiger partial charge is 0.326 e. The number of hydrogen-bond donors (Lipinski definition) is 1. The first kappa shape index (κ1) is 21.9. The second-order valence-electron chi connectivity index (χ2n) is 6.58. The molecule has 4 heteroatoms. The zero-order valence-corrected chi connectivity index (χ0v) is 15.5. The van der Waals surface area contributed by atoms with Crippen molar-refractivity contribution in [2.75, 3.05) is 7.05 Å². The molecule has 0 fully saturated rings. The quantitative estimate of drug-likeness (QED) is 0.430. The standard InChI is InChI=1S/C19H37NO3/c1-4-6-8-9-10-11-12-13-14-16-18(21)20(3)17(19(22)23)15-7-5-2/h17H,4-16H2,1-3H3,(H,22,23)/t17-/m0/s1. The van der Waals surface area contributed by atoms with Crippen LogP contribution in [0.25, 0.3) is 0 Å². The van der Waals surface area contributed by atoms with Crippen LogP contribution in [0.3, 0.4) is 0 Å². The SMILES string of the molecule is CCCCCCCCCCCC(=O)N(C)[C@@H](CCCC)C(=O)O. The third kappa shape index (κ3) is 11.2. The third-order valence-corrected chi connectivity index (χ3v) is 4.47. The number of rotatable bonds is 15. The van der Waals surface area contributed by atoms with Crippen molar-refractivity contribution in [3.8, 4) is 0 Å². The molecule has 0 unspecified atom stereocenters. The summed E-state index contributed by atoms with van der Waals surface area (Å²) in [6.45, 7) is 4.26. The highest BCUT2D eigenvalue weighted by Crippen LogP contribution is 2.13. The Kier molecular flexibility index (Phi) is 13.9. The van der Waals surface area contributed by atoms with E-state index in [9.17, 15) is 14.7 Å². The first-order valence-electron chi connectivity index (χ1n) is 9.53. The van der Waals surface area contributed by atoms with E-state index in [0.717, 1.165) is 25.7 Å². The molecule has 0 aromatic heterocycles. The minimum absolute atomic E-state index is 0.0311. The van der Waals surface area contributed by atoms with Gasteiger partial charge in [0.05, 0.1) is 0 Å². The molecule has 1 amide bonds. The minimum atomic E-state index is -0.888. The summed E-state index contributed by atoms with van der Waals surface area (Å²) in [5.74, 6) is -0.919. The van der Waals surface area contributed by atoms with Gasteiger partial charge in [0.2, 0.25) is 5.91 Å². The zero-order chi connectivity index (χ0) is 17.5. The van der Waals surface area contributed by atoms with E-state index in [0.29, 0.717) is 12.8 Å². The Labute approximate surface area is 142 Å². The number of likely N-dealkylation sites (N-methyl/N-ethyl adjacent to an activating group) is 1. The Morgan fingerprint density at radius 3 is 1.78 bits per heavy atom. The summed E-state index contributed by atoms with van der Waals surface area (Å²) in [5, 5.41) is 9.26. The first-order chi connectivity index (χ1) is 11.0. The van der Waals surface area contributed by atoms with E-state index in [1.54, 1.807) is 7.05 Å². The predicted molar refractivity (Wildman–Crippen MR) is 95.6 cm³/mol. The van der Waals surface area contributed by atoms with Gasteiger partial charge in [0.1, 0.15) is 6.04 Å². The number of carbonyl (C=O) groups is 2. The van der Waals surface area contributed by atoms with Crippen LogP contribution in [0.5, 0.6) is 0 Å². The number of hydrogen-bond acceptors (Lipinski definition) is 2. The molecule has 0 aromatic carbocycles. The molecule has 0 aliphatic carbocycles. The van der Waals surface area contributed by atoms with Gasteiger partial charge in [-0.15, -0.1) is 0 Å². The largest absolute Gasteiger partial charge is 0.480 e. The lowest BCUT2D eigenvalue weighted by Gasteiger charge is -2.24. The summed E-state index contributed by atoms with van der Waals surface area (Å²) < 4.78 is 0. The van der Waals surface area contributed by atoms with Gasteiger partial charge in [0.25, 0.3) is 0 Å². The van der Waals surface area contributed by atoms with E-state index in [1.165, 1.54) is 49.8 Å². The number of carboxylic acids is 1. The van der Waals surface area contributed by atoms with Crippen molar-refractivity contribution in [3.05, 3.63) is 0 Å². The van der Waals surface area contributed by atoms with E-state index in [2.05, 4.69) is 6.92 Å². The van der Waals surface area contributed by atoms with Gasteiger partial charge in [0.15, 0.2) is 0 Å². The Morgan fingerprint density at radius 1 is 0.826 bits per heavy atom. The van der Waals surface area contributed by atoms with Crippen LogP contribution in [0.2, 0.25) is 0 Å². The second kappa shape index (κ2) is 14.5. The van der Waals surface area contributed by atoms with E-state index in [1.807, 2.05) is 6.92 Å². The van der Waals surface area contributed by atoms with Crippen molar-refractivity contribution in [1.82, 2.24) is 4.90 Å². The highest BCUT2D eigenvalue weighted by molar-refractivity contribution is 5.83. The molecule has 0 saturated heterocycles. The Morgan fingerprint density at radius 2 is 1.30 bits per heavy atom. The Bertz CT molecular complexity index is 318. The van der Waals surface area contributed by atoms with Crippen LogP contribution < -0.4 is 0 Å². The number of aliphatic carboxylic acids is 1. The summed E-state index contributed by atoms with van der Waals surface area (Å²) >= 11 is 0. The zero-order valence-electron chi connectivity index (χ0n) is 15.5. The molecule has 1 atom stereocenters. The maximum absolute atomic E-state index is 12.1. The fraction of sp³-hybridized carbons (Fsp3) is 0.895. The van der Waals surface area contributed by atoms with Crippen LogP contribution in [0, 0.1) is 0 Å². The molecule has 1 N–H and O–H groups in total. The van der Waals surface area contributed by atoms with E-state index < -0.39 is 12.0 Å². The van der Waals surface area contributed by atoms with Crippen LogP contribution in [-0.4, -0.2) is 35.0 Å². The van der Waals surface area contributed by atoms with Crippen molar-refractivity contribution in [1.29, 1.82) is 0 Å². The highest BCUT2D eigenvalue weighted by atomic mass is 16.4. The van der Waals surface area contributed by atoms with Gasteiger partial charge in [-0.1, -0.05) is 78.1 Å². The number of nitrogens with zero attached hydrogens (tertiary/aromatic N) is 1. The average Bonchev–Trinajstić information content (AvgIpc) is 2.52. The van der Waals surface area contributed by atoms with Crippen LogP contribution >= 0.6 is 0 Å². The van der Waals surface area contributed by atoms with Gasteiger partial charge >= 0.3 is 5.97 Å². The van der Waals surface area contributed by atoms with E-state index in [4.69, 9.17) is 0 Å². The lowest BCUT2D eigenvalue weighted by molar-refractivity contribution is -0.149. The number of unbranched alkanes of at least 4 members (excludes halogenated alkanes) is 9. The monoisotopic (exact) mass is 327 g/mol. The van der Waals surface area contributed by atoms with Gasteiger partial charge < -0.3 is 10.0 Å². The van der Waals surface area contributed by atoms with Crippen LogP contribution in [0.1, 0.15) is 97.3 Å². The number of carboxylic acid groups (broad SMARTS) is 1. The van der Waals surface area contributed by atoms with Crippen molar-refractivity contribution < 1.29 is 14.7 Å². The topological polar surface area (TPSA) is 57.6 Å². The molecular formula is C19H37NO3. The van der Waals surface area contributed by atoms with Crippen molar-refractivity contribution in [3.63, 3.8) is 0 Å². The van der Waals surface area contributed by atoms with Crippen molar-refractivity contribution in [2.45, 2.75) is 103 Å². The predicted octanol–water partition coefficient (Wildman–Crippen LogP) is 5.01. The summed E-state index contributed by atoms with van der Waals surface area (Å²) in [6, 6.07) is -0.666. The van der Waals surface area contributed by atoms with Gasteiger partial charge in [-0.25, -0.2) is 4.79 Å². The fourth-order valence-corrected chi connectivity index (χ4v) is 2.82. The molecule has 0 aliphatic rings. The summed E-state index contributed by atoms with van der Waals surface area (Å²) in [7, 11) is 1.63. The normalized spacial score (nSPS) is 12.1. The molecular weight excluding hydrogens is 290 g/mol. The maximum Gasteiger partial charge on any atom is 0.326 e. The molecule has 0 heterocycles. The molecule has 23 heavy (non-hydrogen) atoms. The molecule has 0 bridgehead atoms. The van der Waals surface area contributed by atoms with Gasteiger partial charge in [-0.3, -0.25) is 4.79 Å². The molecule has 0 radical (unpaired) electrons. The molecule has 0 spiro atoms. The average molecular weight is 328 g/mol. The fourth-order valence-electron chi connectivity index (χ4n) is 2.82. The Balaban J connectivity index is 3.80. The lowest BCUT2D eigenvalue weighted by Crippen LogP contribution is -2.42. The molecule has 0 rings (SSSR count). The van der Waals surface area contributed by atoms with E-state index >= 15 is 0 Å². The van der Waals surface area contributed by atoms with Gasteiger partial charge in [0, 0.05) is 13.5 Å². The molecule has 4 nitrogen and oxygen atoms in total. The van der Waals surface area contributed by atoms with Crippen molar-refractivity contribution in [2.24, 2.45) is 0 Å². The van der Waals surface area contributed by atoms with Crippen LogP contribution in [0.15, 0.2) is 0 Å². The third-order valence-electron chi connectivity index (χ3n) is 4.47. The maximum atomic E-state index is 12.1. The summed E-state index contributed by atoms with van der Waals surface area (Å²) in [6.07, 6.45) is 13.8.